The monoisotopic (exact) mass is 547 g/mol. The van der Waals surface area contributed by atoms with Crippen molar-refractivity contribution in [1.29, 1.82) is 0 Å². The molecule has 0 aromatic heterocycles. The van der Waals surface area contributed by atoms with Crippen LogP contribution in [0.15, 0.2) is 126 Å². The molecule has 0 saturated heterocycles. The Morgan fingerprint density at radius 3 is 1.66 bits per heavy atom. The van der Waals surface area contributed by atoms with E-state index in [9.17, 15) is 9.59 Å². The fourth-order valence-corrected chi connectivity index (χ4v) is 4.83. The fraction of sp³-hybridized carbons (Fsp3) is 0.206. The van der Waals surface area contributed by atoms with Crippen LogP contribution >= 0.6 is 0 Å². The molecule has 1 aliphatic heterocycles. The number of carbonyl (C=O) groups is 2. The van der Waals surface area contributed by atoms with E-state index in [0.717, 1.165) is 24.2 Å². The Hall–Kier alpha value is -4.75. The van der Waals surface area contributed by atoms with Crippen LogP contribution in [0.3, 0.4) is 0 Å². The van der Waals surface area contributed by atoms with Crippen molar-refractivity contribution >= 4 is 28.9 Å². The summed E-state index contributed by atoms with van der Waals surface area (Å²) in [4.78, 5) is 26.9. The molecule has 4 aromatic rings. The molecule has 1 atom stereocenters. The van der Waals surface area contributed by atoms with Gasteiger partial charge in [-0.05, 0) is 48.5 Å². The van der Waals surface area contributed by atoms with Crippen molar-refractivity contribution in [2.24, 2.45) is 5.10 Å². The molecule has 41 heavy (non-hydrogen) atoms. The van der Waals surface area contributed by atoms with Crippen molar-refractivity contribution in [3.8, 4) is 0 Å². The van der Waals surface area contributed by atoms with Crippen LogP contribution in [0.1, 0.15) is 37.8 Å². The van der Waals surface area contributed by atoms with Gasteiger partial charge in [-0.1, -0.05) is 111 Å². The lowest BCUT2D eigenvalue weighted by atomic mass is 9.81. The van der Waals surface area contributed by atoms with E-state index in [4.69, 9.17) is 5.10 Å². The van der Waals surface area contributed by atoms with Gasteiger partial charge in [-0.2, -0.15) is 10.1 Å². The molecular weight excluding hydrogens is 510 g/mol. The van der Waals surface area contributed by atoms with E-state index >= 15 is 0 Å². The number of carbonyl (C=O) groups excluding carboxylic acids is 2. The van der Waals surface area contributed by atoms with Crippen LogP contribution in [0, 0.1) is 0 Å². The third kappa shape index (κ3) is 6.88. The van der Waals surface area contributed by atoms with Crippen molar-refractivity contribution in [2.75, 3.05) is 23.4 Å². The highest BCUT2D eigenvalue weighted by atomic mass is 16.2. The molecule has 4 aromatic carbocycles. The first-order valence-corrected chi connectivity index (χ1v) is 13.9. The maximum Gasteiger partial charge on any atom is 0.300 e. The SMILES string of the molecule is CC(=O)NC1(Nc2ccccc2)C(=O)N(c2ccccc2)N=C1C(c1ccccc1)c1ccccc1.CCNCC. The summed E-state index contributed by atoms with van der Waals surface area (Å²) >= 11 is 0. The minimum atomic E-state index is -1.61. The smallest absolute Gasteiger partial charge is 0.300 e. The van der Waals surface area contributed by atoms with E-state index in [1.165, 1.54) is 11.9 Å². The van der Waals surface area contributed by atoms with Gasteiger partial charge in [0.1, 0.15) is 5.71 Å². The molecule has 0 fully saturated rings. The highest BCUT2D eigenvalue weighted by Gasteiger charge is 2.55. The van der Waals surface area contributed by atoms with Gasteiger partial charge in [0, 0.05) is 12.6 Å². The van der Waals surface area contributed by atoms with Crippen LogP contribution in [0.2, 0.25) is 0 Å². The number of amides is 2. The second-order valence-corrected chi connectivity index (χ2v) is 9.57. The number of hydrazone groups is 1. The van der Waals surface area contributed by atoms with Gasteiger partial charge in [-0.25, -0.2) is 0 Å². The van der Waals surface area contributed by atoms with E-state index in [-0.39, 0.29) is 11.8 Å². The fourth-order valence-electron chi connectivity index (χ4n) is 4.83. The number of nitrogens with zero attached hydrogens (tertiary/aromatic N) is 2. The van der Waals surface area contributed by atoms with Crippen LogP contribution in [0.5, 0.6) is 0 Å². The molecule has 210 valence electrons. The molecule has 1 heterocycles. The van der Waals surface area contributed by atoms with E-state index in [1.54, 1.807) is 0 Å². The van der Waals surface area contributed by atoms with Gasteiger partial charge in [-0.3, -0.25) is 9.59 Å². The summed E-state index contributed by atoms with van der Waals surface area (Å²) in [6.07, 6.45) is 0. The summed E-state index contributed by atoms with van der Waals surface area (Å²) in [7, 11) is 0. The number of rotatable bonds is 9. The topological polar surface area (TPSA) is 85.8 Å². The molecule has 7 heteroatoms. The standard InChI is InChI=1S/C30H26N4O2.C4H11N/c1-22(35)31-30(32-25-18-10-4-11-19-25)28(33-34(29(30)36)26-20-12-5-13-21-26)27(23-14-6-2-7-15-23)24-16-8-3-9-17-24;1-3-5-4-2/h2-21,27,32H,1H3,(H,31,35);5H,3-4H2,1-2H3. The largest absolute Gasteiger partial charge is 0.350 e. The third-order valence-electron chi connectivity index (χ3n) is 6.61. The van der Waals surface area contributed by atoms with E-state index in [0.29, 0.717) is 17.1 Å². The average molecular weight is 548 g/mol. The molecule has 1 aliphatic rings. The Balaban J connectivity index is 0.000000714. The summed E-state index contributed by atoms with van der Waals surface area (Å²) in [5.74, 6) is -1.15. The summed E-state index contributed by atoms with van der Waals surface area (Å²) in [6, 6.07) is 38.4. The Bertz CT molecular complexity index is 1390. The maximum absolute atomic E-state index is 14.3. The average Bonchev–Trinajstić information content (AvgIpc) is 3.26. The number of anilines is 2. The number of hydrogen-bond acceptors (Lipinski definition) is 5. The van der Waals surface area contributed by atoms with Gasteiger partial charge < -0.3 is 16.0 Å². The Morgan fingerprint density at radius 1 is 0.756 bits per heavy atom. The molecule has 0 saturated carbocycles. The minimum Gasteiger partial charge on any atom is -0.350 e. The normalized spacial score (nSPS) is 16.0. The first kappa shape index (κ1) is 29.2. The van der Waals surface area contributed by atoms with E-state index in [2.05, 4.69) is 29.8 Å². The molecule has 5 rings (SSSR count). The van der Waals surface area contributed by atoms with Crippen molar-refractivity contribution in [3.63, 3.8) is 0 Å². The van der Waals surface area contributed by atoms with E-state index < -0.39 is 11.6 Å². The highest BCUT2D eigenvalue weighted by Crippen LogP contribution is 2.37. The Kier molecular flexibility index (Phi) is 10.0. The van der Waals surface area contributed by atoms with Crippen LogP contribution in [0.25, 0.3) is 0 Å². The highest BCUT2D eigenvalue weighted by molar-refractivity contribution is 6.28. The zero-order valence-corrected chi connectivity index (χ0v) is 23.7. The third-order valence-corrected chi connectivity index (χ3v) is 6.61. The van der Waals surface area contributed by atoms with Gasteiger partial charge in [0.15, 0.2) is 0 Å². The van der Waals surface area contributed by atoms with E-state index in [1.807, 2.05) is 121 Å². The van der Waals surface area contributed by atoms with Crippen molar-refractivity contribution < 1.29 is 9.59 Å². The number of benzene rings is 4. The predicted octanol–water partition coefficient (Wildman–Crippen LogP) is 5.78. The zero-order valence-electron chi connectivity index (χ0n) is 23.7. The van der Waals surface area contributed by atoms with Gasteiger partial charge in [0.2, 0.25) is 11.6 Å². The second kappa shape index (κ2) is 14.1. The van der Waals surface area contributed by atoms with Crippen molar-refractivity contribution in [3.05, 3.63) is 132 Å². The lowest BCUT2D eigenvalue weighted by molar-refractivity contribution is -0.127. The Labute approximate surface area is 242 Å². The van der Waals surface area contributed by atoms with Crippen molar-refractivity contribution in [2.45, 2.75) is 32.4 Å². The minimum absolute atomic E-state index is 0.353. The number of nitrogens with one attached hydrogen (secondary N) is 3. The second-order valence-electron chi connectivity index (χ2n) is 9.57. The summed E-state index contributed by atoms with van der Waals surface area (Å²) < 4.78 is 0. The molecule has 2 amide bonds. The molecule has 0 aliphatic carbocycles. The van der Waals surface area contributed by atoms with Crippen LogP contribution < -0.4 is 21.0 Å². The quantitative estimate of drug-likeness (QED) is 0.232. The molecule has 1 unspecified atom stereocenters. The molecule has 0 bridgehead atoms. The Morgan fingerprint density at radius 2 is 1.22 bits per heavy atom. The molecule has 3 N–H and O–H groups in total. The van der Waals surface area contributed by atoms with Gasteiger partial charge in [-0.15, -0.1) is 0 Å². The first-order chi connectivity index (χ1) is 20.0. The molecule has 0 radical (unpaired) electrons. The zero-order chi connectivity index (χ0) is 29.1. The molecule has 0 spiro atoms. The molecular formula is C34H37N5O2. The summed E-state index contributed by atoms with van der Waals surface area (Å²) in [6.45, 7) is 7.80. The number of hydrogen-bond donors (Lipinski definition) is 3. The van der Waals surface area contributed by atoms with Crippen LogP contribution in [0.4, 0.5) is 11.4 Å². The maximum atomic E-state index is 14.3. The van der Waals surface area contributed by atoms with Crippen LogP contribution in [-0.4, -0.2) is 36.3 Å². The predicted molar refractivity (Wildman–Crippen MR) is 167 cm³/mol. The van der Waals surface area contributed by atoms with Gasteiger partial charge >= 0.3 is 0 Å². The van der Waals surface area contributed by atoms with Gasteiger partial charge in [0.05, 0.1) is 11.6 Å². The van der Waals surface area contributed by atoms with Crippen LogP contribution in [-0.2, 0) is 9.59 Å². The number of para-hydroxylation sites is 2. The lowest BCUT2D eigenvalue weighted by Crippen LogP contribution is -2.65. The summed E-state index contributed by atoms with van der Waals surface area (Å²) in [5.41, 5.74) is 2.07. The van der Waals surface area contributed by atoms with Crippen molar-refractivity contribution in [1.82, 2.24) is 10.6 Å². The van der Waals surface area contributed by atoms with Gasteiger partial charge in [0.25, 0.3) is 5.91 Å². The summed E-state index contributed by atoms with van der Waals surface area (Å²) in [5, 5.41) is 15.7. The molecule has 7 nitrogen and oxygen atoms in total. The first-order valence-electron chi connectivity index (χ1n) is 13.9. The lowest BCUT2D eigenvalue weighted by Gasteiger charge is -2.34.